The summed E-state index contributed by atoms with van der Waals surface area (Å²) in [6.45, 7) is 0. The molecule has 19 heavy (non-hydrogen) atoms. The first-order valence-electron chi connectivity index (χ1n) is 5.88. The van der Waals surface area contributed by atoms with Crippen molar-refractivity contribution in [3.63, 3.8) is 0 Å². The number of aromatic amines is 1. The van der Waals surface area contributed by atoms with Gasteiger partial charge in [-0.15, -0.1) is 0 Å². The van der Waals surface area contributed by atoms with E-state index in [2.05, 4.69) is 21.0 Å². The lowest BCUT2D eigenvalue weighted by Gasteiger charge is -2.02. The van der Waals surface area contributed by atoms with Gasteiger partial charge in [0, 0.05) is 29.9 Å². The maximum Gasteiger partial charge on any atom is 0.254 e. The van der Waals surface area contributed by atoms with Gasteiger partial charge < -0.3 is 4.98 Å². The van der Waals surface area contributed by atoms with Crippen molar-refractivity contribution < 1.29 is 0 Å². The van der Waals surface area contributed by atoms with Crippen molar-refractivity contribution >= 4 is 23.5 Å². The number of hydrogen-bond donors (Lipinski definition) is 1. The molecule has 0 bridgehead atoms. The topological polar surface area (TPSA) is 58.6 Å². The van der Waals surface area contributed by atoms with E-state index >= 15 is 0 Å². The molecule has 0 aliphatic heterocycles. The van der Waals surface area contributed by atoms with E-state index in [-0.39, 0.29) is 5.56 Å². The van der Waals surface area contributed by atoms with E-state index in [1.54, 1.807) is 24.2 Å². The fraction of sp³-hybridized carbons (Fsp3) is 0.308. The van der Waals surface area contributed by atoms with E-state index in [0.717, 1.165) is 23.5 Å². The zero-order valence-electron chi connectivity index (χ0n) is 10.6. The number of rotatable bonds is 6. The molecule has 0 unspecified atom stereocenters. The number of nitrogens with one attached hydrogen (secondary N) is 1. The van der Waals surface area contributed by atoms with Gasteiger partial charge in [0.25, 0.3) is 5.56 Å². The molecule has 0 amide bonds. The molecular formula is C13H15N3OS2. The Kier molecular flexibility index (Phi) is 5.47. The van der Waals surface area contributed by atoms with E-state index in [0.29, 0.717) is 5.16 Å². The molecule has 0 radical (unpaired) electrons. The molecule has 6 heteroatoms. The Morgan fingerprint density at radius 3 is 2.95 bits per heavy atom. The summed E-state index contributed by atoms with van der Waals surface area (Å²) in [5.74, 6) is 1.82. The molecule has 4 nitrogen and oxygen atoms in total. The molecule has 100 valence electrons. The fourth-order valence-electron chi connectivity index (χ4n) is 1.54. The van der Waals surface area contributed by atoms with Gasteiger partial charge in [0.05, 0.1) is 0 Å². The van der Waals surface area contributed by atoms with Crippen LogP contribution in [0.2, 0.25) is 0 Å². The first kappa shape index (κ1) is 14.1. The molecule has 2 aromatic heterocycles. The summed E-state index contributed by atoms with van der Waals surface area (Å²) < 4.78 is 0. The van der Waals surface area contributed by atoms with Gasteiger partial charge in [0.15, 0.2) is 5.16 Å². The van der Waals surface area contributed by atoms with Gasteiger partial charge in [0.1, 0.15) is 0 Å². The van der Waals surface area contributed by atoms with Crippen molar-refractivity contribution in [3.05, 3.63) is 52.2 Å². The number of nitrogens with zero attached hydrogens (tertiary/aromatic N) is 2. The minimum absolute atomic E-state index is 0.0265. The van der Waals surface area contributed by atoms with Crippen molar-refractivity contribution in [2.75, 3.05) is 12.0 Å². The minimum atomic E-state index is -0.0265. The van der Waals surface area contributed by atoms with Gasteiger partial charge in [-0.3, -0.25) is 9.78 Å². The third-order valence-corrected chi connectivity index (χ3v) is 4.17. The smallest absolute Gasteiger partial charge is 0.254 e. The fourth-order valence-corrected chi connectivity index (χ4v) is 2.81. The quantitative estimate of drug-likeness (QED) is 0.503. The van der Waals surface area contributed by atoms with E-state index in [4.69, 9.17) is 0 Å². The van der Waals surface area contributed by atoms with Crippen LogP contribution in [0.25, 0.3) is 0 Å². The second kappa shape index (κ2) is 7.35. The first-order valence-corrected chi connectivity index (χ1v) is 8.26. The molecule has 0 spiro atoms. The van der Waals surface area contributed by atoms with Gasteiger partial charge in [-0.1, -0.05) is 17.8 Å². The highest BCUT2D eigenvalue weighted by molar-refractivity contribution is 7.98. The lowest BCUT2D eigenvalue weighted by Crippen LogP contribution is -2.14. The zero-order valence-corrected chi connectivity index (χ0v) is 12.3. The van der Waals surface area contributed by atoms with E-state index in [1.165, 1.54) is 17.3 Å². The Bertz CT molecular complexity index is 572. The van der Waals surface area contributed by atoms with Gasteiger partial charge in [-0.2, -0.15) is 11.8 Å². The molecule has 0 aromatic carbocycles. The van der Waals surface area contributed by atoms with Crippen LogP contribution < -0.4 is 5.56 Å². The molecule has 0 aliphatic rings. The molecule has 2 aromatic rings. The first-order chi connectivity index (χ1) is 9.29. The molecule has 0 atom stereocenters. The molecule has 2 rings (SSSR count). The second-order valence-electron chi connectivity index (χ2n) is 3.91. The van der Waals surface area contributed by atoms with Crippen LogP contribution in [-0.4, -0.2) is 27.0 Å². The summed E-state index contributed by atoms with van der Waals surface area (Å²) in [6.07, 6.45) is 7.94. The molecule has 2 heterocycles. The Morgan fingerprint density at radius 1 is 1.37 bits per heavy atom. The van der Waals surface area contributed by atoms with Crippen molar-refractivity contribution in [1.82, 2.24) is 15.0 Å². The maximum atomic E-state index is 11.7. The van der Waals surface area contributed by atoms with Crippen LogP contribution in [0.3, 0.4) is 0 Å². The van der Waals surface area contributed by atoms with Crippen LogP contribution in [0.15, 0.2) is 40.7 Å². The lowest BCUT2D eigenvalue weighted by atomic mass is 10.3. The summed E-state index contributed by atoms with van der Waals surface area (Å²) in [4.78, 5) is 22.8. The zero-order chi connectivity index (χ0) is 13.5. The second-order valence-corrected chi connectivity index (χ2v) is 5.81. The number of pyridine rings is 1. The summed E-state index contributed by atoms with van der Waals surface area (Å²) in [6, 6.07) is 3.99. The Morgan fingerprint density at radius 2 is 2.26 bits per heavy atom. The van der Waals surface area contributed by atoms with E-state index in [9.17, 15) is 4.79 Å². The molecular weight excluding hydrogens is 278 g/mol. The van der Waals surface area contributed by atoms with Gasteiger partial charge in [-0.25, -0.2) is 4.98 Å². The minimum Gasteiger partial charge on any atom is -0.301 e. The molecule has 0 aliphatic carbocycles. The average molecular weight is 293 g/mol. The highest BCUT2D eigenvalue weighted by atomic mass is 32.2. The van der Waals surface area contributed by atoms with Gasteiger partial charge >= 0.3 is 0 Å². The summed E-state index contributed by atoms with van der Waals surface area (Å²) >= 11 is 3.23. The lowest BCUT2D eigenvalue weighted by molar-refractivity contribution is 0.896. The highest BCUT2D eigenvalue weighted by Gasteiger charge is 2.02. The predicted octanol–water partition coefficient (Wildman–Crippen LogP) is 2.36. The van der Waals surface area contributed by atoms with Crippen molar-refractivity contribution in [2.45, 2.75) is 17.3 Å². The number of H-pyrrole nitrogens is 1. The monoisotopic (exact) mass is 293 g/mol. The molecule has 0 saturated carbocycles. The van der Waals surface area contributed by atoms with E-state index < -0.39 is 0 Å². The SMILES string of the molecule is CSc1ncc(CCSCc2cccnc2)c(=O)[nH]1. The van der Waals surface area contributed by atoms with Crippen molar-refractivity contribution in [3.8, 4) is 0 Å². The molecule has 1 N–H and O–H groups in total. The van der Waals surface area contributed by atoms with Gasteiger partial charge in [0.2, 0.25) is 0 Å². The largest absolute Gasteiger partial charge is 0.301 e. The predicted molar refractivity (Wildman–Crippen MR) is 80.7 cm³/mol. The highest BCUT2D eigenvalue weighted by Crippen LogP contribution is 2.12. The number of hydrogen-bond acceptors (Lipinski definition) is 5. The van der Waals surface area contributed by atoms with Gasteiger partial charge in [-0.05, 0) is 30.1 Å². The third-order valence-electron chi connectivity index (χ3n) is 2.55. The summed E-state index contributed by atoms with van der Waals surface area (Å²) in [5.41, 5.74) is 1.93. The number of aryl methyl sites for hydroxylation is 1. The third kappa shape index (κ3) is 4.40. The molecule has 0 fully saturated rings. The van der Waals surface area contributed by atoms with E-state index in [1.807, 2.05) is 18.5 Å². The Labute approximate surface area is 120 Å². The van der Waals surface area contributed by atoms with Crippen LogP contribution in [0.4, 0.5) is 0 Å². The normalized spacial score (nSPS) is 10.6. The van der Waals surface area contributed by atoms with Crippen LogP contribution >= 0.6 is 23.5 Å². The van der Waals surface area contributed by atoms with Crippen LogP contribution in [-0.2, 0) is 12.2 Å². The molecule has 0 saturated heterocycles. The van der Waals surface area contributed by atoms with Crippen LogP contribution in [0, 0.1) is 0 Å². The Hall–Kier alpha value is -1.27. The Balaban J connectivity index is 1.81. The number of thioether (sulfide) groups is 2. The van der Waals surface area contributed by atoms with Crippen LogP contribution in [0.1, 0.15) is 11.1 Å². The van der Waals surface area contributed by atoms with Crippen molar-refractivity contribution in [1.29, 1.82) is 0 Å². The average Bonchev–Trinajstić information content (AvgIpc) is 2.46. The van der Waals surface area contributed by atoms with Crippen molar-refractivity contribution in [2.24, 2.45) is 0 Å². The maximum absolute atomic E-state index is 11.7. The van der Waals surface area contributed by atoms with Crippen LogP contribution in [0.5, 0.6) is 0 Å². The summed E-state index contributed by atoms with van der Waals surface area (Å²) in [5, 5.41) is 0.664. The standard InChI is InChI=1S/C13H15N3OS2/c1-18-13-15-8-11(12(17)16-13)4-6-19-9-10-3-2-5-14-7-10/h2-3,5,7-8H,4,6,9H2,1H3,(H,15,16,17). The number of aromatic nitrogens is 3. The summed E-state index contributed by atoms with van der Waals surface area (Å²) in [7, 11) is 0.